The van der Waals surface area contributed by atoms with Crippen molar-refractivity contribution in [3.8, 4) is 5.75 Å². The molecule has 0 saturated carbocycles. The Hall–Kier alpha value is -3.04. The van der Waals surface area contributed by atoms with E-state index in [9.17, 15) is 5.11 Å². The predicted octanol–water partition coefficient (Wildman–Crippen LogP) is 5.63. The topological polar surface area (TPSA) is 32.7 Å². The van der Waals surface area contributed by atoms with E-state index in [1.807, 2.05) is 66.7 Å². The van der Waals surface area contributed by atoms with Crippen LogP contribution in [0.3, 0.4) is 0 Å². The van der Waals surface area contributed by atoms with Crippen molar-refractivity contribution < 1.29 is 9.84 Å². The largest absolute Gasteiger partial charge is 0.497 e. The molecule has 3 aromatic rings. The highest BCUT2D eigenvalue weighted by Crippen LogP contribution is 2.33. The van der Waals surface area contributed by atoms with Crippen molar-refractivity contribution in [3.63, 3.8) is 0 Å². The number of anilines is 1. The summed E-state index contributed by atoms with van der Waals surface area (Å²) in [4.78, 5) is 2.43. The van der Waals surface area contributed by atoms with E-state index >= 15 is 0 Å². The number of rotatable bonds is 6. The molecule has 1 N–H and O–H groups in total. The molecule has 1 aliphatic rings. The molecule has 1 aliphatic heterocycles. The van der Waals surface area contributed by atoms with Crippen LogP contribution >= 0.6 is 0 Å². The van der Waals surface area contributed by atoms with Gasteiger partial charge in [0.2, 0.25) is 0 Å². The summed E-state index contributed by atoms with van der Waals surface area (Å²) in [6.07, 6.45) is 7.66. The molecule has 30 heavy (non-hydrogen) atoms. The number of ether oxygens (including phenoxy) is 1. The first-order valence-electron chi connectivity index (χ1n) is 10.7. The van der Waals surface area contributed by atoms with Gasteiger partial charge in [-0.2, -0.15) is 0 Å². The third kappa shape index (κ3) is 4.42. The second kappa shape index (κ2) is 9.19. The fourth-order valence-corrected chi connectivity index (χ4v) is 4.06. The fourth-order valence-electron chi connectivity index (χ4n) is 4.06. The molecule has 0 spiro atoms. The molecule has 154 valence electrons. The Kier molecular flexibility index (Phi) is 6.20. The van der Waals surface area contributed by atoms with Crippen LogP contribution in [-0.4, -0.2) is 25.3 Å². The van der Waals surface area contributed by atoms with Crippen LogP contribution in [0.25, 0.3) is 6.08 Å². The van der Waals surface area contributed by atoms with Crippen LogP contribution in [0.1, 0.15) is 36.0 Å². The number of hydrogen-bond donors (Lipinski definition) is 1. The zero-order valence-corrected chi connectivity index (χ0v) is 17.5. The van der Waals surface area contributed by atoms with Gasteiger partial charge in [-0.15, -0.1) is 0 Å². The monoisotopic (exact) mass is 399 g/mol. The summed E-state index contributed by atoms with van der Waals surface area (Å²) in [5.74, 6) is 0.818. The summed E-state index contributed by atoms with van der Waals surface area (Å²) in [6, 6.07) is 26.0. The quantitative estimate of drug-likeness (QED) is 0.583. The number of benzene rings is 3. The van der Waals surface area contributed by atoms with Crippen molar-refractivity contribution >= 4 is 11.8 Å². The molecule has 1 heterocycles. The van der Waals surface area contributed by atoms with E-state index in [0.29, 0.717) is 0 Å². The van der Waals surface area contributed by atoms with Gasteiger partial charge in [0.05, 0.1) is 7.11 Å². The first-order chi connectivity index (χ1) is 14.7. The van der Waals surface area contributed by atoms with Gasteiger partial charge in [-0.05, 0) is 66.3 Å². The van der Waals surface area contributed by atoms with Crippen LogP contribution in [-0.2, 0) is 5.60 Å². The fraction of sp³-hybridized carbons (Fsp3) is 0.259. The molecular formula is C27H29NO2. The SMILES string of the molecule is COc1ccc(C=CC(O)(c2ccccc2)c2ccc(N3CCCCC3)cc2)cc1. The van der Waals surface area contributed by atoms with Gasteiger partial charge in [0.25, 0.3) is 0 Å². The zero-order chi connectivity index (χ0) is 20.8. The van der Waals surface area contributed by atoms with E-state index in [1.165, 1.54) is 24.9 Å². The van der Waals surface area contributed by atoms with Crippen molar-refractivity contribution in [3.05, 3.63) is 102 Å². The van der Waals surface area contributed by atoms with Gasteiger partial charge >= 0.3 is 0 Å². The van der Waals surface area contributed by atoms with Crippen molar-refractivity contribution in [1.82, 2.24) is 0 Å². The number of aliphatic hydroxyl groups is 1. The highest BCUT2D eigenvalue weighted by molar-refractivity contribution is 5.57. The van der Waals surface area contributed by atoms with E-state index in [0.717, 1.165) is 35.5 Å². The van der Waals surface area contributed by atoms with Crippen molar-refractivity contribution in [1.29, 1.82) is 0 Å². The maximum absolute atomic E-state index is 11.8. The third-order valence-corrected chi connectivity index (χ3v) is 5.88. The molecule has 1 saturated heterocycles. The molecule has 1 fully saturated rings. The van der Waals surface area contributed by atoms with Gasteiger partial charge in [-0.25, -0.2) is 0 Å². The van der Waals surface area contributed by atoms with Crippen molar-refractivity contribution in [2.75, 3.05) is 25.1 Å². The predicted molar refractivity (Wildman–Crippen MR) is 124 cm³/mol. The lowest BCUT2D eigenvalue weighted by Gasteiger charge is -2.30. The average Bonchev–Trinajstić information content (AvgIpc) is 2.84. The van der Waals surface area contributed by atoms with Crippen molar-refractivity contribution in [2.45, 2.75) is 24.9 Å². The lowest BCUT2D eigenvalue weighted by atomic mass is 9.85. The molecule has 0 bridgehead atoms. The summed E-state index contributed by atoms with van der Waals surface area (Å²) in [7, 11) is 1.66. The summed E-state index contributed by atoms with van der Waals surface area (Å²) in [6.45, 7) is 2.22. The summed E-state index contributed by atoms with van der Waals surface area (Å²) in [5.41, 5.74) is 2.74. The Bertz CT molecular complexity index is 958. The maximum atomic E-state index is 11.8. The van der Waals surface area contributed by atoms with Crippen LogP contribution in [0, 0.1) is 0 Å². The first kappa shape index (κ1) is 20.2. The molecule has 0 amide bonds. The van der Waals surface area contributed by atoms with E-state index in [2.05, 4.69) is 29.2 Å². The average molecular weight is 400 g/mol. The standard InChI is InChI=1S/C27H29NO2/c1-30-26-16-10-22(11-17-26)18-19-27(29,23-8-4-2-5-9-23)24-12-14-25(15-13-24)28-20-6-3-7-21-28/h2,4-5,8-19,29H,3,6-7,20-21H2,1H3. The third-order valence-electron chi connectivity index (χ3n) is 5.88. The molecule has 0 aliphatic carbocycles. The van der Waals surface area contributed by atoms with Gasteiger partial charge < -0.3 is 14.7 Å². The Balaban J connectivity index is 1.66. The smallest absolute Gasteiger partial charge is 0.134 e. The van der Waals surface area contributed by atoms with Crippen LogP contribution in [0.2, 0.25) is 0 Å². The van der Waals surface area contributed by atoms with Crippen LogP contribution in [0.5, 0.6) is 5.75 Å². The molecule has 1 atom stereocenters. The molecule has 3 heteroatoms. The van der Waals surface area contributed by atoms with E-state index in [-0.39, 0.29) is 0 Å². The summed E-state index contributed by atoms with van der Waals surface area (Å²) < 4.78 is 5.24. The number of hydrogen-bond acceptors (Lipinski definition) is 3. The maximum Gasteiger partial charge on any atom is 0.134 e. The van der Waals surface area contributed by atoms with Crippen LogP contribution in [0.15, 0.2) is 84.9 Å². The number of methoxy groups -OCH3 is 1. The van der Waals surface area contributed by atoms with Gasteiger partial charge in [0, 0.05) is 18.8 Å². The zero-order valence-electron chi connectivity index (χ0n) is 17.5. The minimum Gasteiger partial charge on any atom is -0.497 e. The van der Waals surface area contributed by atoms with Gasteiger partial charge in [0.15, 0.2) is 0 Å². The second-order valence-electron chi connectivity index (χ2n) is 7.83. The Morgan fingerprint density at radius 2 is 1.43 bits per heavy atom. The Morgan fingerprint density at radius 1 is 0.800 bits per heavy atom. The number of nitrogens with zero attached hydrogens (tertiary/aromatic N) is 1. The van der Waals surface area contributed by atoms with E-state index in [4.69, 9.17) is 4.74 Å². The molecule has 1 unspecified atom stereocenters. The van der Waals surface area contributed by atoms with Gasteiger partial charge in [0.1, 0.15) is 11.4 Å². The molecule has 4 rings (SSSR count). The minimum atomic E-state index is -1.21. The van der Waals surface area contributed by atoms with Gasteiger partial charge in [-0.1, -0.05) is 60.7 Å². The van der Waals surface area contributed by atoms with Crippen LogP contribution < -0.4 is 9.64 Å². The molecule has 0 aromatic heterocycles. The highest BCUT2D eigenvalue weighted by Gasteiger charge is 2.28. The molecule has 3 aromatic carbocycles. The van der Waals surface area contributed by atoms with Crippen LogP contribution in [0.4, 0.5) is 5.69 Å². The van der Waals surface area contributed by atoms with Gasteiger partial charge in [-0.3, -0.25) is 0 Å². The molecular weight excluding hydrogens is 370 g/mol. The lowest BCUT2D eigenvalue weighted by Crippen LogP contribution is -2.29. The highest BCUT2D eigenvalue weighted by atomic mass is 16.5. The van der Waals surface area contributed by atoms with E-state index < -0.39 is 5.60 Å². The second-order valence-corrected chi connectivity index (χ2v) is 7.83. The summed E-state index contributed by atoms with van der Waals surface area (Å²) in [5, 5.41) is 11.8. The van der Waals surface area contributed by atoms with E-state index in [1.54, 1.807) is 7.11 Å². The lowest BCUT2D eigenvalue weighted by molar-refractivity contribution is 0.135. The minimum absolute atomic E-state index is 0.818. The van der Waals surface area contributed by atoms with Crippen molar-refractivity contribution in [2.24, 2.45) is 0 Å². The molecule has 3 nitrogen and oxygen atoms in total. The number of piperidine rings is 1. The molecule has 0 radical (unpaired) electrons. The first-order valence-corrected chi connectivity index (χ1v) is 10.7. The Morgan fingerprint density at radius 3 is 2.07 bits per heavy atom. The Labute approximate surface area is 179 Å². The summed E-state index contributed by atoms with van der Waals surface area (Å²) >= 11 is 0. The normalized spacial score (nSPS) is 16.4.